The third-order valence-corrected chi connectivity index (χ3v) is 2.71. The molecule has 22 heavy (non-hydrogen) atoms. The third-order valence-electron chi connectivity index (χ3n) is 2.71. The maximum absolute atomic E-state index is 11.8. The van der Waals surface area contributed by atoms with E-state index in [1.54, 1.807) is 26.8 Å². The van der Waals surface area contributed by atoms with Crippen molar-refractivity contribution < 1.29 is 24.2 Å². The van der Waals surface area contributed by atoms with Crippen LogP contribution in [-0.4, -0.2) is 35.9 Å². The smallest absolute Gasteiger partial charge is 0.408 e. The van der Waals surface area contributed by atoms with Gasteiger partial charge in [-0.2, -0.15) is 0 Å². The summed E-state index contributed by atoms with van der Waals surface area (Å²) in [4.78, 5) is 23.6. The number of anilines is 1. The zero-order chi connectivity index (χ0) is 16.9. The maximum Gasteiger partial charge on any atom is 0.408 e. The van der Waals surface area contributed by atoms with Crippen LogP contribution in [0.15, 0.2) is 18.2 Å². The van der Waals surface area contributed by atoms with E-state index in [9.17, 15) is 14.7 Å². The van der Waals surface area contributed by atoms with Gasteiger partial charge in [-0.3, -0.25) is 0 Å². The average Bonchev–Trinajstić information content (AvgIpc) is 2.39. The monoisotopic (exact) mass is 310 g/mol. The van der Waals surface area contributed by atoms with E-state index < -0.39 is 23.7 Å². The zero-order valence-corrected chi connectivity index (χ0v) is 13.2. The Hall–Kier alpha value is -2.44. The molecule has 0 aliphatic carbocycles. The first-order valence-electron chi connectivity index (χ1n) is 6.77. The van der Waals surface area contributed by atoms with Gasteiger partial charge in [0.15, 0.2) is 0 Å². The van der Waals surface area contributed by atoms with Gasteiger partial charge in [0, 0.05) is 6.42 Å². The number of carbonyl (C=O) groups excluding carboxylic acids is 2. The number of carbonyl (C=O) groups is 2. The lowest BCUT2D eigenvalue weighted by Gasteiger charge is -2.22. The summed E-state index contributed by atoms with van der Waals surface area (Å²) >= 11 is 0. The minimum atomic E-state index is -0.913. The molecule has 0 saturated heterocycles. The lowest BCUT2D eigenvalue weighted by molar-refractivity contribution is -0.143. The molecule has 122 valence electrons. The largest absolute Gasteiger partial charge is 0.506 e. The molecule has 0 heterocycles. The number of aromatic hydroxyl groups is 1. The lowest BCUT2D eigenvalue weighted by atomic mass is 10.1. The number of methoxy groups -OCH3 is 1. The summed E-state index contributed by atoms with van der Waals surface area (Å²) in [5.74, 6) is -0.643. The Kier molecular flexibility index (Phi) is 5.62. The highest BCUT2D eigenvalue weighted by Crippen LogP contribution is 2.21. The second kappa shape index (κ2) is 7.02. The maximum atomic E-state index is 11.8. The Balaban J connectivity index is 2.82. The summed E-state index contributed by atoms with van der Waals surface area (Å²) in [7, 11) is 1.23. The van der Waals surface area contributed by atoms with Gasteiger partial charge in [0.05, 0.1) is 12.8 Å². The Morgan fingerprint density at radius 3 is 2.50 bits per heavy atom. The highest BCUT2D eigenvalue weighted by atomic mass is 16.6. The number of benzene rings is 1. The molecule has 1 rings (SSSR count). The molecule has 0 spiro atoms. The predicted molar refractivity (Wildman–Crippen MR) is 81.4 cm³/mol. The topological polar surface area (TPSA) is 111 Å². The third kappa shape index (κ3) is 5.51. The quantitative estimate of drug-likeness (QED) is 0.442. The first-order valence-corrected chi connectivity index (χ1v) is 6.77. The van der Waals surface area contributed by atoms with E-state index in [1.165, 1.54) is 19.2 Å². The number of nitrogen functional groups attached to an aromatic ring is 1. The van der Waals surface area contributed by atoms with Crippen LogP contribution in [0.4, 0.5) is 10.5 Å². The van der Waals surface area contributed by atoms with Crippen molar-refractivity contribution >= 4 is 17.7 Å². The van der Waals surface area contributed by atoms with Crippen LogP contribution in [0.1, 0.15) is 26.3 Å². The molecule has 0 aliphatic heterocycles. The van der Waals surface area contributed by atoms with Crippen LogP contribution < -0.4 is 11.1 Å². The van der Waals surface area contributed by atoms with Crippen molar-refractivity contribution in [1.82, 2.24) is 5.32 Å². The van der Waals surface area contributed by atoms with Crippen molar-refractivity contribution in [3.63, 3.8) is 0 Å². The summed E-state index contributed by atoms with van der Waals surface area (Å²) in [6, 6.07) is 3.65. The van der Waals surface area contributed by atoms with Crippen molar-refractivity contribution in [1.29, 1.82) is 0 Å². The second-order valence-corrected chi connectivity index (χ2v) is 5.82. The van der Waals surface area contributed by atoms with E-state index in [1.807, 2.05) is 0 Å². The van der Waals surface area contributed by atoms with Gasteiger partial charge in [-0.25, -0.2) is 9.59 Å². The summed E-state index contributed by atoms with van der Waals surface area (Å²) in [6.45, 7) is 5.17. The molecule has 1 aromatic carbocycles. The summed E-state index contributed by atoms with van der Waals surface area (Å²) < 4.78 is 9.80. The van der Waals surface area contributed by atoms with Gasteiger partial charge in [-0.1, -0.05) is 6.07 Å². The van der Waals surface area contributed by atoms with Crippen LogP contribution >= 0.6 is 0 Å². The van der Waals surface area contributed by atoms with Gasteiger partial charge in [0.1, 0.15) is 17.4 Å². The summed E-state index contributed by atoms with van der Waals surface area (Å²) in [6.07, 6.45) is -0.550. The summed E-state index contributed by atoms with van der Waals surface area (Å²) in [5, 5.41) is 11.9. The number of phenols is 1. The Labute approximate surface area is 129 Å². The van der Waals surface area contributed by atoms with Crippen molar-refractivity contribution in [3.05, 3.63) is 23.8 Å². The molecular formula is C15H22N2O5. The average molecular weight is 310 g/mol. The van der Waals surface area contributed by atoms with E-state index in [0.29, 0.717) is 5.56 Å². The zero-order valence-electron chi connectivity index (χ0n) is 13.2. The molecule has 0 fully saturated rings. The molecule has 1 aromatic rings. The van der Waals surface area contributed by atoms with Crippen LogP contribution in [0.3, 0.4) is 0 Å². The standard InChI is InChI=1S/C15H22N2O5/c1-15(2,3)22-14(20)17-11(13(19)21-4)8-9-5-6-12(18)10(16)7-9/h5-7,11,18H,8,16H2,1-4H3,(H,17,20). The SMILES string of the molecule is COC(=O)C(Cc1ccc(O)c(N)c1)NC(=O)OC(C)(C)C. The van der Waals surface area contributed by atoms with E-state index >= 15 is 0 Å². The number of hydrogen-bond acceptors (Lipinski definition) is 6. The molecular weight excluding hydrogens is 288 g/mol. The van der Waals surface area contributed by atoms with Crippen molar-refractivity contribution in [3.8, 4) is 5.75 Å². The van der Waals surface area contributed by atoms with Gasteiger partial charge >= 0.3 is 12.1 Å². The van der Waals surface area contributed by atoms with E-state index in [4.69, 9.17) is 10.5 Å². The number of nitrogens with one attached hydrogen (secondary N) is 1. The van der Waals surface area contributed by atoms with Gasteiger partial charge < -0.3 is 25.6 Å². The fourth-order valence-corrected chi connectivity index (χ4v) is 1.75. The normalized spacial score (nSPS) is 12.4. The molecule has 7 heteroatoms. The van der Waals surface area contributed by atoms with Gasteiger partial charge in [-0.05, 0) is 38.5 Å². The first-order chi connectivity index (χ1) is 10.1. The van der Waals surface area contributed by atoms with Gasteiger partial charge in [-0.15, -0.1) is 0 Å². The number of alkyl carbamates (subject to hydrolysis) is 1. The fraction of sp³-hybridized carbons (Fsp3) is 0.467. The Bertz CT molecular complexity index is 551. The minimum Gasteiger partial charge on any atom is -0.506 e. The van der Waals surface area contributed by atoms with E-state index in [2.05, 4.69) is 10.1 Å². The number of rotatable bonds is 4. The van der Waals surface area contributed by atoms with E-state index in [-0.39, 0.29) is 17.9 Å². The number of phenolic OH excluding ortho intramolecular Hbond substituents is 1. The van der Waals surface area contributed by atoms with Crippen LogP contribution in [0, 0.1) is 0 Å². The summed E-state index contributed by atoms with van der Waals surface area (Å²) in [5.41, 5.74) is 5.80. The van der Waals surface area contributed by atoms with Crippen LogP contribution in [-0.2, 0) is 20.7 Å². The van der Waals surface area contributed by atoms with Crippen molar-refractivity contribution in [2.45, 2.75) is 38.8 Å². The van der Waals surface area contributed by atoms with Crippen LogP contribution in [0.25, 0.3) is 0 Å². The van der Waals surface area contributed by atoms with Crippen molar-refractivity contribution in [2.24, 2.45) is 0 Å². The Morgan fingerprint density at radius 1 is 1.36 bits per heavy atom. The molecule has 0 radical (unpaired) electrons. The number of ether oxygens (including phenoxy) is 2. The molecule has 0 aliphatic rings. The first kappa shape index (κ1) is 17.6. The highest BCUT2D eigenvalue weighted by Gasteiger charge is 2.25. The molecule has 1 amide bonds. The molecule has 0 aromatic heterocycles. The van der Waals surface area contributed by atoms with Crippen molar-refractivity contribution in [2.75, 3.05) is 12.8 Å². The minimum absolute atomic E-state index is 0.0431. The van der Waals surface area contributed by atoms with Gasteiger partial charge in [0.2, 0.25) is 0 Å². The fourth-order valence-electron chi connectivity index (χ4n) is 1.75. The molecule has 0 saturated carbocycles. The van der Waals surface area contributed by atoms with Gasteiger partial charge in [0.25, 0.3) is 0 Å². The number of esters is 1. The predicted octanol–water partition coefficient (Wildman–Crippen LogP) is 1.58. The highest BCUT2D eigenvalue weighted by molar-refractivity contribution is 5.81. The molecule has 0 bridgehead atoms. The number of amides is 1. The number of nitrogens with two attached hydrogens (primary N) is 1. The number of hydrogen-bond donors (Lipinski definition) is 3. The Morgan fingerprint density at radius 2 is 2.00 bits per heavy atom. The molecule has 1 atom stereocenters. The van der Waals surface area contributed by atoms with Crippen LogP contribution in [0.2, 0.25) is 0 Å². The van der Waals surface area contributed by atoms with Crippen LogP contribution in [0.5, 0.6) is 5.75 Å². The van der Waals surface area contributed by atoms with E-state index in [0.717, 1.165) is 0 Å². The second-order valence-electron chi connectivity index (χ2n) is 5.82. The lowest BCUT2D eigenvalue weighted by Crippen LogP contribution is -2.45. The molecule has 1 unspecified atom stereocenters. The molecule has 7 nitrogen and oxygen atoms in total. The molecule has 4 N–H and O–H groups in total.